The van der Waals surface area contributed by atoms with Gasteiger partial charge in [0.15, 0.2) is 5.78 Å². The van der Waals surface area contributed by atoms with Crippen molar-refractivity contribution in [2.45, 2.75) is 32.2 Å². The van der Waals surface area contributed by atoms with E-state index in [4.69, 9.17) is 4.74 Å². The third-order valence-corrected chi connectivity index (χ3v) is 5.60. The highest BCUT2D eigenvalue weighted by molar-refractivity contribution is 6.08. The number of carbonyl (C=O) groups is 1. The van der Waals surface area contributed by atoms with Gasteiger partial charge in [-0.05, 0) is 81.3 Å². The van der Waals surface area contributed by atoms with Crippen molar-refractivity contribution in [1.82, 2.24) is 14.7 Å². The fourth-order valence-electron chi connectivity index (χ4n) is 3.83. The molecular formula is C24H26FN3O2. The van der Waals surface area contributed by atoms with Crippen LogP contribution in [0.15, 0.2) is 60.9 Å². The number of halogens is 1. The van der Waals surface area contributed by atoms with Gasteiger partial charge in [-0.1, -0.05) is 0 Å². The second kappa shape index (κ2) is 9.22. The van der Waals surface area contributed by atoms with Gasteiger partial charge in [-0.2, -0.15) is 5.10 Å². The van der Waals surface area contributed by atoms with Crippen molar-refractivity contribution in [2.24, 2.45) is 0 Å². The second-order valence-corrected chi connectivity index (χ2v) is 7.73. The van der Waals surface area contributed by atoms with Crippen molar-refractivity contribution in [3.63, 3.8) is 0 Å². The number of aromatic nitrogens is 2. The summed E-state index contributed by atoms with van der Waals surface area (Å²) >= 11 is 0. The first-order valence-electron chi connectivity index (χ1n) is 10.4. The third kappa shape index (κ3) is 4.76. The average molecular weight is 407 g/mol. The fourth-order valence-corrected chi connectivity index (χ4v) is 3.83. The van der Waals surface area contributed by atoms with Crippen molar-refractivity contribution in [1.29, 1.82) is 0 Å². The zero-order valence-electron chi connectivity index (χ0n) is 17.1. The first kappa shape index (κ1) is 20.3. The number of rotatable bonds is 8. The maximum Gasteiger partial charge on any atom is 0.196 e. The highest BCUT2D eigenvalue weighted by atomic mass is 19.1. The monoisotopic (exact) mass is 407 g/mol. The van der Waals surface area contributed by atoms with Crippen LogP contribution in [0.3, 0.4) is 0 Å². The van der Waals surface area contributed by atoms with E-state index in [-0.39, 0.29) is 11.6 Å². The van der Waals surface area contributed by atoms with Gasteiger partial charge in [0, 0.05) is 24.3 Å². The van der Waals surface area contributed by atoms with Gasteiger partial charge in [0.1, 0.15) is 11.6 Å². The molecule has 6 heteroatoms. The van der Waals surface area contributed by atoms with Gasteiger partial charge < -0.3 is 9.64 Å². The van der Waals surface area contributed by atoms with E-state index in [0.717, 1.165) is 24.4 Å². The van der Waals surface area contributed by atoms with Gasteiger partial charge in [0.25, 0.3) is 0 Å². The molecule has 3 aromatic rings. The fraction of sp³-hybridized carbons (Fsp3) is 0.333. The van der Waals surface area contributed by atoms with Gasteiger partial charge in [-0.15, -0.1) is 0 Å². The average Bonchev–Trinajstić information content (AvgIpc) is 3.41. The lowest BCUT2D eigenvalue weighted by Gasteiger charge is -2.20. The molecular weight excluding hydrogens is 381 g/mol. The number of likely N-dealkylation sites (tertiary alicyclic amines) is 1. The minimum absolute atomic E-state index is 0.187. The summed E-state index contributed by atoms with van der Waals surface area (Å²) in [7, 11) is 0. The molecule has 0 N–H and O–H groups in total. The highest BCUT2D eigenvalue weighted by Crippen LogP contribution is 2.18. The van der Waals surface area contributed by atoms with Crippen molar-refractivity contribution in [3.8, 4) is 11.4 Å². The van der Waals surface area contributed by atoms with Crippen LogP contribution < -0.4 is 4.74 Å². The molecule has 2 heterocycles. The molecule has 1 unspecified atom stereocenters. The van der Waals surface area contributed by atoms with E-state index in [1.807, 2.05) is 24.3 Å². The number of ketones is 1. The van der Waals surface area contributed by atoms with E-state index < -0.39 is 0 Å². The minimum atomic E-state index is -0.366. The molecule has 1 aliphatic heterocycles. The zero-order chi connectivity index (χ0) is 20.9. The van der Waals surface area contributed by atoms with Crippen molar-refractivity contribution in [2.75, 3.05) is 19.7 Å². The highest BCUT2D eigenvalue weighted by Gasteiger charge is 2.19. The molecule has 2 aromatic carbocycles. The van der Waals surface area contributed by atoms with Crippen molar-refractivity contribution >= 4 is 5.78 Å². The summed E-state index contributed by atoms with van der Waals surface area (Å²) in [5.41, 5.74) is 1.73. The lowest BCUT2D eigenvalue weighted by Crippen LogP contribution is -2.28. The number of nitrogens with zero attached hydrogens (tertiary/aromatic N) is 3. The molecule has 0 radical (unpaired) electrons. The summed E-state index contributed by atoms with van der Waals surface area (Å²) in [6.45, 7) is 5.27. The number of ether oxygens (including phenoxy) is 1. The Balaban J connectivity index is 1.32. The first-order valence-corrected chi connectivity index (χ1v) is 10.4. The van der Waals surface area contributed by atoms with Crippen LogP contribution in [0.1, 0.15) is 42.1 Å². The van der Waals surface area contributed by atoms with E-state index in [9.17, 15) is 9.18 Å². The summed E-state index contributed by atoms with van der Waals surface area (Å²) in [4.78, 5) is 15.0. The Labute approximate surface area is 176 Å². The van der Waals surface area contributed by atoms with Gasteiger partial charge in [0.05, 0.1) is 24.1 Å². The Morgan fingerprint density at radius 3 is 2.60 bits per heavy atom. The zero-order valence-corrected chi connectivity index (χ0v) is 17.1. The first-order chi connectivity index (χ1) is 14.6. The summed E-state index contributed by atoms with van der Waals surface area (Å²) in [6, 6.07) is 13.9. The Kier molecular flexibility index (Phi) is 6.23. The Hall–Kier alpha value is -2.99. The summed E-state index contributed by atoms with van der Waals surface area (Å²) in [5, 5.41) is 4.28. The molecule has 1 saturated heterocycles. The molecule has 30 heavy (non-hydrogen) atoms. The van der Waals surface area contributed by atoms with Gasteiger partial charge in [-0.25, -0.2) is 9.07 Å². The second-order valence-electron chi connectivity index (χ2n) is 7.73. The maximum absolute atomic E-state index is 13.1. The van der Waals surface area contributed by atoms with Gasteiger partial charge in [-0.3, -0.25) is 4.79 Å². The van der Waals surface area contributed by atoms with Crippen LogP contribution in [-0.4, -0.2) is 46.2 Å². The van der Waals surface area contributed by atoms with Crippen molar-refractivity contribution in [3.05, 3.63) is 77.9 Å². The Morgan fingerprint density at radius 2 is 1.90 bits per heavy atom. The molecule has 0 spiro atoms. The third-order valence-electron chi connectivity index (χ3n) is 5.60. The van der Waals surface area contributed by atoms with Crippen LogP contribution in [-0.2, 0) is 0 Å². The summed E-state index contributed by atoms with van der Waals surface area (Å²) < 4.78 is 20.6. The largest absolute Gasteiger partial charge is 0.494 e. The standard InChI is InChI=1S/C24H26FN3O2/c1-18-4-2-13-27(18)14-3-15-30-23-11-9-22(10-12-23)28-17-20(16-26-28)24(29)19-5-7-21(25)8-6-19/h5-12,16-18H,2-4,13-15H2,1H3. The molecule has 5 nitrogen and oxygen atoms in total. The number of benzene rings is 2. The molecule has 1 aromatic heterocycles. The summed E-state index contributed by atoms with van der Waals surface area (Å²) in [5.74, 6) is 0.270. The molecule has 0 aliphatic carbocycles. The SMILES string of the molecule is CC1CCCN1CCCOc1ccc(-n2cc(C(=O)c3ccc(F)cc3)cn2)cc1. The van der Waals surface area contributed by atoms with Crippen LogP contribution in [0.25, 0.3) is 5.69 Å². The minimum Gasteiger partial charge on any atom is -0.494 e. The predicted molar refractivity (Wildman–Crippen MR) is 114 cm³/mol. The van der Waals surface area contributed by atoms with E-state index in [2.05, 4.69) is 16.9 Å². The van der Waals surface area contributed by atoms with Gasteiger partial charge in [0.2, 0.25) is 0 Å². The van der Waals surface area contributed by atoms with Crippen LogP contribution >= 0.6 is 0 Å². The molecule has 1 atom stereocenters. The quantitative estimate of drug-likeness (QED) is 0.408. The summed E-state index contributed by atoms with van der Waals surface area (Å²) in [6.07, 6.45) is 6.81. The molecule has 0 bridgehead atoms. The number of carbonyl (C=O) groups excluding carboxylic acids is 1. The molecule has 1 aliphatic rings. The molecule has 4 rings (SSSR count). The van der Waals surface area contributed by atoms with E-state index >= 15 is 0 Å². The molecule has 156 valence electrons. The maximum atomic E-state index is 13.1. The molecule has 0 saturated carbocycles. The topological polar surface area (TPSA) is 47.4 Å². The van der Waals surface area contributed by atoms with Crippen LogP contribution in [0.5, 0.6) is 5.75 Å². The predicted octanol–water partition coefficient (Wildman–Crippen LogP) is 4.50. The van der Waals surface area contributed by atoms with E-state index in [0.29, 0.717) is 23.8 Å². The number of hydrogen-bond acceptors (Lipinski definition) is 4. The number of hydrogen-bond donors (Lipinski definition) is 0. The van der Waals surface area contributed by atoms with E-state index in [1.165, 1.54) is 49.8 Å². The van der Waals surface area contributed by atoms with Gasteiger partial charge >= 0.3 is 0 Å². The van der Waals surface area contributed by atoms with Crippen LogP contribution in [0.4, 0.5) is 4.39 Å². The molecule has 0 amide bonds. The Morgan fingerprint density at radius 1 is 1.13 bits per heavy atom. The Bertz CT molecular complexity index is 982. The van der Waals surface area contributed by atoms with Crippen LogP contribution in [0, 0.1) is 5.82 Å². The lowest BCUT2D eigenvalue weighted by molar-refractivity contribution is 0.103. The van der Waals surface area contributed by atoms with E-state index in [1.54, 1.807) is 10.9 Å². The molecule has 1 fully saturated rings. The smallest absolute Gasteiger partial charge is 0.196 e. The van der Waals surface area contributed by atoms with Crippen LogP contribution in [0.2, 0.25) is 0 Å². The normalized spacial score (nSPS) is 16.7. The van der Waals surface area contributed by atoms with Crippen molar-refractivity contribution < 1.29 is 13.9 Å². The lowest BCUT2D eigenvalue weighted by atomic mass is 10.1.